The Morgan fingerprint density at radius 3 is 2.29 bits per heavy atom. The second-order valence-corrected chi connectivity index (χ2v) is 3.99. The number of hydrogen-bond donors (Lipinski definition) is 1. The molecule has 2 rings (SSSR count). The number of carbonyl (C=O) groups is 1. The van der Waals surface area contributed by atoms with Crippen molar-refractivity contribution in [2.24, 2.45) is 0 Å². The summed E-state index contributed by atoms with van der Waals surface area (Å²) in [7, 11) is 0. The fraction of sp³-hybridized carbons (Fsp3) is 0. The molecule has 0 aliphatic rings. The average molecular weight is 268 g/mol. The van der Waals surface area contributed by atoms with E-state index in [-0.39, 0.29) is 5.91 Å². The van der Waals surface area contributed by atoms with Crippen LogP contribution in [0.3, 0.4) is 0 Å². The third kappa shape index (κ3) is 2.72. The molecule has 1 aromatic carbocycles. The van der Waals surface area contributed by atoms with Gasteiger partial charge in [-0.25, -0.2) is 9.97 Å². The minimum absolute atomic E-state index is 0.337. The van der Waals surface area contributed by atoms with Gasteiger partial charge in [-0.15, -0.1) is 0 Å². The van der Waals surface area contributed by atoms with Crippen LogP contribution in [0.2, 0.25) is 10.0 Å². The van der Waals surface area contributed by atoms with Crippen molar-refractivity contribution >= 4 is 34.8 Å². The highest BCUT2D eigenvalue weighted by Gasteiger charge is 2.11. The number of carbonyl (C=O) groups excluding carboxylic acids is 1. The van der Waals surface area contributed by atoms with Gasteiger partial charge in [0.15, 0.2) is 0 Å². The summed E-state index contributed by atoms with van der Waals surface area (Å²) in [6.45, 7) is 0. The van der Waals surface area contributed by atoms with E-state index in [4.69, 9.17) is 23.2 Å². The van der Waals surface area contributed by atoms with Crippen molar-refractivity contribution in [1.82, 2.24) is 9.97 Å². The predicted octanol–water partition coefficient (Wildman–Crippen LogP) is 3.04. The molecule has 1 N–H and O–H groups in total. The second-order valence-electron chi connectivity index (χ2n) is 3.18. The maximum absolute atomic E-state index is 11.8. The lowest BCUT2D eigenvalue weighted by Crippen LogP contribution is -2.13. The predicted molar refractivity (Wildman–Crippen MR) is 66.4 cm³/mol. The standard InChI is InChI=1S/C11H7Cl2N3O/c12-8-2-1-3-9(13)10(8)16-11(17)7-4-14-6-15-5-7/h1-6H,(H,16,17). The van der Waals surface area contributed by atoms with E-state index in [0.717, 1.165) is 0 Å². The normalized spacial score (nSPS) is 10.0. The summed E-state index contributed by atoms with van der Waals surface area (Å²) in [5, 5.41) is 3.37. The zero-order valence-electron chi connectivity index (χ0n) is 8.52. The summed E-state index contributed by atoms with van der Waals surface area (Å²) >= 11 is 11.9. The highest BCUT2D eigenvalue weighted by molar-refractivity contribution is 6.40. The number of nitrogens with zero attached hydrogens (tertiary/aromatic N) is 2. The molecule has 0 atom stereocenters. The molecule has 0 saturated carbocycles. The van der Waals surface area contributed by atoms with Crippen LogP contribution in [-0.2, 0) is 0 Å². The molecule has 1 amide bonds. The van der Waals surface area contributed by atoms with Gasteiger partial charge in [0, 0.05) is 12.4 Å². The molecule has 86 valence electrons. The van der Waals surface area contributed by atoms with Gasteiger partial charge in [0.2, 0.25) is 0 Å². The van der Waals surface area contributed by atoms with E-state index >= 15 is 0 Å². The number of amides is 1. The maximum atomic E-state index is 11.8. The summed E-state index contributed by atoms with van der Waals surface area (Å²) in [5.74, 6) is -0.361. The lowest BCUT2D eigenvalue weighted by molar-refractivity contribution is 0.102. The SMILES string of the molecule is O=C(Nc1c(Cl)cccc1Cl)c1cncnc1. The summed E-state index contributed by atoms with van der Waals surface area (Å²) in [4.78, 5) is 19.3. The average Bonchev–Trinajstić information content (AvgIpc) is 2.35. The Kier molecular flexibility index (Phi) is 3.56. The Bertz CT molecular complexity index is 525. The van der Waals surface area contributed by atoms with E-state index in [9.17, 15) is 4.79 Å². The van der Waals surface area contributed by atoms with Gasteiger partial charge in [0.05, 0.1) is 21.3 Å². The molecule has 6 heteroatoms. The topological polar surface area (TPSA) is 54.9 Å². The quantitative estimate of drug-likeness (QED) is 0.910. The molecule has 0 aliphatic heterocycles. The molecule has 0 bridgehead atoms. The first-order valence-electron chi connectivity index (χ1n) is 4.69. The number of halogens is 2. The number of anilines is 1. The van der Waals surface area contributed by atoms with E-state index in [0.29, 0.717) is 21.3 Å². The number of aromatic nitrogens is 2. The van der Waals surface area contributed by atoms with Crippen LogP contribution in [0.4, 0.5) is 5.69 Å². The van der Waals surface area contributed by atoms with Crippen molar-refractivity contribution < 1.29 is 4.79 Å². The van der Waals surface area contributed by atoms with E-state index < -0.39 is 0 Å². The molecular weight excluding hydrogens is 261 g/mol. The molecule has 0 saturated heterocycles. The minimum Gasteiger partial charge on any atom is -0.319 e. The molecule has 0 radical (unpaired) electrons. The first-order chi connectivity index (χ1) is 8.18. The molecule has 0 fully saturated rings. The Labute approximate surface area is 108 Å². The van der Waals surface area contributed by atoms with Crippen LogP contribution >= 0.6 is 23.2 Å². The van der Waals surface area contributed by atoms with Crippen LogP contribution in [0.25, 0.3) is 0 Å². The molecule has 1 aromatic heterocycles. The molecule has 1 heterocycles. The molecule has 0 unspecified atom stereocenters. The first kappa shape index (κ1) is 11.8. The van der Waals surface area contributed by atoms with Crippen LogP contribution in [0, 0.1) is 0 Å². The van der Waals surface area contributed by atoms with Crippen LogP contribution in [-0.4, -0.2) is 15.9 Å². The molecule has 2 aromatic rings. The third-order valence-corrected chi connectivity index (χ3v) is 2.65. The second kappa shape index (κ2) is 5.12. The molecule has 0 spiro atoms. The first-order valence-corrected chi connectivity index (χ1v) is 5.44. The highest BCUT2D eigenvalue weighted by Crippen LogP contribution is 2.29. The van der Waals surface area contributed by atoms with Gasteiger partial charge in [-0.1, -0.05) is 29.3 Å². The van der Waals surface area contributed by atoms with Gasteiger partial charge in [-0.05, 0) is 12.1 Å². The van der Waals surface area contributed by atoms with Crippen molar-refractivity contribution in [1.29, 1.82) is 0 Å². The zero-order chi connectivity index (χ0) is 12.3. The van der Waals surface area contributed by atoms with E-state index in [1.165, 1.54) is 18.7 Å². The fourth-order valence-corrected chi connectivity index (χ4v) is 1.71. The van der Waals surface area contributed by atoms with E-state index in [1.807, 2.05) is 0 Å². The van der Waals surface area contributed by atoms with Crippen molar-refractivity contribution in [2.75, 3.05) is 5.32 Å². The van der Waals surface area contributed by atoms with Crippen molar-refractivity contribution in [3.63, 3.8) is 0 Å². The number of nitrogens with one attached hydrogen (secondary N) is 1. The summed E-state index contributed by atoms with van der Waals surface area (Å²) in [6, 6.07) is 4.99. The number of para-hydroxylation sites is 1. The Hall–Kier alpha value is -1.65. The van der Waals surface area contributed by atoms with Crippen LogP contribution < -0.4 is 5.32 Å². The number of benzene rings is 1. The summed E-state index contributed by atoms with van der Waals surface area (Å²) in [5.41, 5.74) is 0.716. The van der Waals surface area contributed by atoms with Crippen LogP contribution in [0.1, 0.15) is 10.4 Å². The van der Waals surface area contributed by atoms with Gasteiger partial charge in [-0.3, -0.25) is 4.79 Å². The Balaban J connectivity index is 2.25. The molecular formula is C11H7Cl2N3O. The summed E-state index contributed by atoms with van der Waals surface area (Å²) < 4.78 is 0. The number of hydrogen-bond acceptors (Lipinski definition) is 3. The van der Waals surface area contributed by atoms with Gasteiger partial charge < -0.3 is 5.32 Å². The molecule has 4 nitrogen and oxygen atoms in total. The monoisotopic (exact) mass is 267 g/mol. The van der Waals surface area contributed by atoms with Gasteiger partial charge in [0.25, 0.3) is 5.91 Å². The fourth-order valence-electron chi connectivity index (χ4n) is 1.22. The van der Waals surface area contributed by atoms with Crippen LogP contribution in [0.5, 0.6) is 0 Å². The van der Waals surface area contributed by atoms with Crippen molar-refractivity contribution in [3.05, 3.63) is 52.5 Å². The smallest absolute Gasteiger partial charge is 0.258 e. The minimum atomic E-state index is -0.361. The zero-order valence-corrected chi connectivity index (χ0v) is 10.0. The van der Waals surface area contributed by atoms with E-state index in [2.05, 4.69) is 15.3 Å². The van der Waals surface area contributed by atoms with Gasteiger partial charge >= 0.3 is 0 Å². The summed E-state index contributed by atoms with van der Waals surface area (Å²) in [6.07, 6.45) is 4.17. The lowest BCUT2D eigenvalue weighted by Gasteiger charge is -2.08. The number of rotatable bonds is 2. The third-order valence-electron chi connectivity index (χ3n) is 2.02. The highest BCUT2D eigenvalue weighted by atomic mass is 35.5. The van der Waals surface area contributed by atoms with Crippen molar-refractivity contribution in [3.8, 4) is 0 Å². The lowest BCUT2D eigenvalue weighted by atomic mass is 10.2. The Morgan fingerprint density at radius 1 is 1.12 bits per heavy atom. The maximum Gasteiger partial charge on any atom is 0.258 e. The van der Waals surface area contributed by atoms with Crippen LogP contribution in [0.15, 0.2) is 36.9 Å². The largest absolute Gasteiger partial charge is 0.319 e. The molecule has 0 aliphatic carbocycles. The van der Waals surface area contributed by atoms with Gasteiger partial charge in [-0.2, -0.15) is 0 Å². The van der Waals surface area contributed by atoms with Gasteiger partial charge in [0.1, 0.15) is 6.33 Å². The van der Waals surface area contributed by atoms with E-state index in [1.54, 1.807) is 18.2 Å². The van der Waals surface area contributed by atoms with Crippen molar-refractivity contribution in [2.45, 2.75) is 0 Å². The Morgan fingerprint density at radius 2 is 1.71 bits per heavy atom. The molecule has 17 heavy (non-hydrogen) atoms.